The van der Waals surface area contributed by atoms with Crippen molar-refractivity contribution in [2.75, 3.05) is 6.54 Å². The Morgan fingerprint density at radius 2 is 2.00 bits per heavy atom. The lowest BCUT2D eigenvalue weighted by atomic mass is 10.2. The molecule has 8 heteroatoms. The van der Waals surface area contributed by atoms with Crippen LogP contribution in [-0.4, -0.2) is 27.0 Å². The summed E-state index contributed by atoms with van der Waals surface area (Å²) in [6.07, 6.45) is 1.10. The summed E-state index contributed by atoms with van der Waals surface area (Å²) in [6.45, 7) is 0.642. The second-order valence-electron chi connectivity index (χ2n) is 5.31. The molecule has 0 saturated heterocycles. The summed E-state index contributed by atoms with van der Waals surface area (Å²) >= 11 is 1.60. The largest absolute Gasteiger partial charge is 0.491 e. The maximum atomic E-state index is 12.3. The standard InChI is InChI=1S/C17H17N3O4S/c21-15-12-19(11-13-5-2-1-3-6-13)17(23)20(15)24-16(22)18-9-8-14-7-4-10-25-14/h1-7,10,12,21H,8-9,11H2,(H,18,22). The third kappa shape index (κ3) is 4.30. The Balaban J connectivity index is 1.60. The van der Waals surface area contributed by atoms with E-state index in [4.69, 9.17) is 4.84 Å². The van der Waals surface area contributed by atoms with Gasteiger partial charge in [-0.1, -0.05) is 41.1 Å². The van der Waals surface area contributed by atoms with Crippen LogP contribution in [0.5, 0.6) is 5.88 Å². The number of rotatable bonds is 6. The monoisotopic (exact) mass is 359 g/mol. The fourth-order valence-corrected chi connectivity index (χ4v) is 3.01. The fraction of sp³-hybridized carbons (Fsp3) is 0.176. The van der Waals surface area contributed by atoms with Crippen LogP contribution in [0.4, 0.5) is 4.79 Å². The Morgan fingerprint density at radius 1 is 1.20 bits per heavy atom. The van der Waals surface area contributed by atoms with Gasteiger partial charge in [0.2, 0.25) is 5.88 Å². The molecule has 0 aliphatic carbocycles. The number of aromatic nitrogens is 2. The summed E-state index contributed by atoms with van der Waals surface area (Å²) in [7, 11) is 0. The molecule has 0 radical (unpaired) electrons. The van der Waals surface area contributed by atoms with Crippen LogP contribution in [0.3, 0.4) is 0 Å². The quantitative estimate of drug-likeness (QED) is 0.703. The van der Waals surface area contributed by atoms with Crippen LogP contribution in [0.15, 0.2) is 58.8 Å². The van der Waals surface area contributed by atoms with E-state index in [1.807, 2.05) is 47.8 Å². The molecule has 0 aliphatic heterocycles. The lowest BCUT2D eigenvalue weighted by Gasteiger charge is -2.05. The van der Waals surface area contributed by atoms with Crippen molar-refractivity contribution in [1.82, 2.24) is 14.6 Å². The molecule has 130 valence electrons. The van der Waals surface area contributed by atoms with Gasteiger partial charge in [-0.2, -0.15) is 0 Å². The van der Waals surface area contributed by atoms with E-state index >= 15 is 0 Å². The minimum absolute atomic E-state index is 0.267. The zero-order valence-electron chi connectivity index (χ0n) is 13.3. The predicted octanol–water partition coefficient (Wildman–Crippen LogP) is 1.85. The summed E-state index contributed by atoms with van der Waals surface area (Å²) in [5, 5.41) is 14.4. The van der Waals surface area contributed by atoms with Gasteiger partial charge in [-0.05, 0) is 23.4 Å². The SMILES string of the molecule is O=C(NCCc1cccs1)On1c(O)cn(Cc2ccccc2)c1=O. The van der Waals surface area contributed by atoms with Crippen molar-refractivity contribution < 1.29 is 14.7 Å². The molecule has 2 aromatic heterocycles. The van der Waals surface area contributed by atoms with Crippen molar-refractivity contribution in [2.45, 2.75) is 13.0 Å². The van der Waals surface area contributed by atoms with Crippen LogP contribution in [0, 0.1) is 0 Å². The molecule has 0 saturated carbocycles. The Labute approximate surface area is 147 Å². The van der Waals surface area contributed by atoms with E-state index in [1.165, 1.54) is 10.8 Å². The molecule has 0 spiro atoms. The summed E-state index contributed by atoms with van der Waals surface area (Å²) in [5.74, 6) is -0.436. The second-order valence-corrected chi connectivity index (χ2v) is 6.34. The predicted molar refractivity (Wildman–Crippen MR) is 93.9 cm³/mol. The third-order valence-electron chi connectivity index (χ3n) is 3.49. The normalized spacial score (nSPS) is 10.6. The van der Waals surface area contributed by atoms with Crippen LogP contribution in [0.1, 0.15) is 10.4 Å². The van der Waals surface area contributed by atoms with E-state index in [2.05, 4.69) is 5.32 Å². The number of thiophene rings is 1. The van der Waals surface area contributed by atoms with Gasteiger partial charge in [-0.25, -0.2) is 9.59 Å². The van der Waals surface area contributed by atoms with Gasteiger partial charge in [0.25, 0.3) is 0 Å². The highest BCUT2D eigenvalue weighted by molar-refractivity contribution is 7.09. The van der Waals surface area contributed by atoms with Crippen molar-refractivity contribution in [3.8, 4) is 5.88 Å². The molecule has 0 fully saturated rings. The van der Waals surface area contributed by atoms with Gasteiger partial charge in [0.1, 0.15) is 0 Å². The van der Waals surface area contributed by atoms with E-state index in [-0.39, 0.29) is 6.54 Å². The molecule has 7 nitrogen and oxygen atoms in total. The molecular formula is C17H17N3O4S. The smallest absolute Gasteiger partial charge is 0.432 e. The number of hydrogen-bond donors (Lipinski definition) is 2. The molecule has 0 bridgehead atoms. The summed E-state index contributed by atoms with van der Waals surface area (Å²) in [4.78, 5) is 30.1. The van der Waals surface area contributed by atoms with Gasteiger partial charge in [-0.3, -0.25) is 4.57 Å². The maximum absolute atomic E-state index is 12.3. The number of carbonyl (C=O) groups is 1. The van der Waals surface area contributed by atoms with Gasteiger partial charge >= 0.3 is 11.8 Å². The topological polar surface area (TPSA) is 85.5 Å². The molecule has 2 N–H and O–H groups in total. The second kappa shape index (κ2) is 7.71. The third-order valence-corrected chi connectivity index (χ3v) is 4.43. The highest BCUT2D eigenvalue weighted by atomic mass is 32.1. The van der Waals surface area contributed by atoms with Crippen LogP contribution < -0.4 is 15.8 Å². The van der Waals surface area contributed by atoms with Crippen LogP contribution >= 0.6 is 11.3 Å². The first-order valence-corrected chi connectivity index (χ1v) is 8.55. The number of hydrogen-bond acceptors (Lipinski definition) is 5. The Hall–Kier alpha value is -3.00. The number of imidazole rings is 1. The van der Waals surface area contributed by atoms with Crippen molar-refractivity contribution in [3.63, 3.8) is 0 Å². The lowest BCUT2D eigenvalue weighted by Crippen LogP contribution is -2.38. The first-order valence-electron chi connectivity index (χ1n) is 7.67. The van der Waals surface area contributed by atoms with Crippen molar-refractivity contribution in [3.05, 3.63) is 75.0 Å². The van der Waals surface area contributed by atoms with Gasteiger partial charge < -0.3 is 15.3 Å². The molecule has 2 heterocycles. The zero-order valence-corrected chi connectivity index (χ0v) is 14.1. The molecule has 25 heavy (non-hydrogen) atoms. The number of nitrogens with zero attached hydrogens (tertiary/aromatic N) is 2. The molecule has 0 aliphatic rings. The van der Waals surface area contributed by atoms with E-state index in [9.17, 15) is 14.7 Å². The summed E-state index contributed by atoms with van der Waals surface area (Å²) in [5.41, 5.74) is 0.261. The fourth-order valence-electron chi connectivity index (χ4n) is 2.30. The first-order chi connectivity index (χ1) is 12.1. The lowest BCUT2D eigenvalue weighted by molar-refractivity contribution is 0.115. The zero-order chi connectivity index (χ0) is 17.6. The van der Waals surface area contributed by atoms with Crippen molar-refractivity contribution >= 4 is 17.4 Å². The molecule has 1 amide bonds. The molecular weight excluding hydrogens is 342 g/mol. The van der Waals surface area contributed by atoms with Gasteiger partial charge in [0.15, 0.2) is 0 Å². The Kier molecular flexibility index (Phi) is 5.20. The van der Waals surface area contributed by atoms with Gasteiger partial charge in [0, 0.05) is 11.4 Å². The summed E-state index contributed by atoms with van der Waals surface area (Å²) in [6, 6.07) is 13.2. The summed E-state index contributed by atoms with van der Waals surface area (Å²) < 4.78 is 1.84. The van der Waals surface area contributed by atoms with Gasteiger partial charge in [0.05, 0.1) is 12.7 Å². The number of benzene rings is 1. The number of carbonyl (C=O) groups excluding carboxylic acids is 1. The van der Waals surface area contributed by atoms with Crippen molar-refractivity contribution in [1.29, 1.82) is 0 Å². The first kappa shape index (κ1) is 16.8. The minimum Gasteiger partial charge on any atom is -0.491 e. The molecule has 0 atom stereocenters. The maximum Gasteiger partial charge on any atom is 0.432 e. The van der Waals surface area contributed by atoms with E-state index in [0.29, 0.717) is 17.7 Å². The molecule has 1 aromatic carbocycles. The molecule has 3 aromatic rings. The minimum atomic E-state index is -0.800. The average Bonchev–Trinajstić information content (AvgIpc) is 3.20. The van der Waals surface area contributed by atoms with Crippen LogP contribution in [0.2, 0.25) is 0 Å². The van der Waals surface area contributed by atoms with Gasteiger partial charge in [-0.15, -0.1) is 11.3 Å². The number of amides is 1. The highest BCUT2D eigenvalue weighted by Gasteiger charge is 2.15. The van der Waals surface area contributed by atoms with Crippen LogP contribution in [0.25, 0.3) is 0 Å². The Bertz CT molecular complexity index is 885. The van der Waals surface area contributed by atoms with E-state index in [0.717, 1.165) is 10.4 Å². The van der Waals surface area contributed by atoms with Crippen LogP contribution in [-0.2, 0) is 13.0 Å². The highest BCUT2D eigenvalue weighted by Crippen LogP contribution is 2.09. The van der Waals surface area contributed by atoms with E-state index < -0.39 is 17.7 Å². The number of nitrogens with one attached hydrogen (secondary N) is 1. The molecule has 3 rings (SSSR count). The molecule has 0 unspecified atom stereocenters. The average molecular weight is 359 g/mol. The van der Waals surface area contributed by atoms with E-state index in [1.54, 1.807) is 11.3 Å². The Morgan fingerprint density at radius 3 is 2.72 bits per heavy atom. The number of aromatic hydroxyl groups is 1. The van der Waals surface area contributed by atoms with Crippen molar-refractivity contribution in [2.24, 2.45) is 0 Å².